The summed E-state index contributed by atoms with van der Waals surface area (Å²) in [6.07, 6.45) is 0. The van der Waals surface area contributed by atoms with Crippen LogP contribution in [0.15, 0.2) is 18.2 Å². The van der Waals surface area contributed by atoms with Gasteiger partial charge in [0.15, 0.2) is 5.75 Å². The first-order chi connectivity index (χ1) is 4.74. The first-order valence-electron chi connectivity index (χ1n) is 2.66. The fraction of sp³-hybridized carbons (Fsp3) is 0. The SMILES string of the molecule is NOc1cc(Cl)ccc1N. The lowest BCUT2D eigenvalue weighted by Crippen LogP contribution is -2.04. The Hall–Kier alpha value is -0.930. The van der Waals surface area contributed by atoms with Crippen LogP contribution >= 0.6 is 11.6 Å². The molecule has 0 spiro atoms. The first-order valence-corrected chi connectivity index (χ1v) is 3.03. The van der Waals surface area contributed by atoms with Gasteiger partial charge >= 0.3 is 0 Å². The highest BCUT2D eigenvalue weighted by Gasteiger charge is 1.98. The second-order valence-corrected chi connectivity index (χ2v) is 2.24. The molecule has 1 aromatic carbocycles. The zero-order chi connectivity index (χ0) is 7.56. The van der Waals surface area contributed by atoms with Crippen LogP contribution in [0.25, 0.3) is 0 Å². The van der Waals surface area contributed by atoms with Crippen LogP contribution in [0.4, 0.5) is 5.69 Å². The number of benzene rings is 1. The normalized spacial score (nSPS) is 9.40. The Balaban J connectivity index is 3.09. The van der Waals surface area contributed by atoms with Gasteiger partial charge in [0.2, 0.25) is 0 Å². The van der Waals surface area contributed by atoms with Gasteiger partial charge in [-0.1, -0.05) is 11.6 Å². The Kier molecular flexibility index (Phi) is 1.99. The minimum absolute atomic E-state index is 0.396. The van der Waals surface area contributed by atoms with E-state index in [9.17, 15) is 0 Å². The van der Waals surface area contributed by atoms with Crippen molar-refractivity contribution < 1.29 is 4.84 Å². The molecular weight excluding hydrogens is 152 g/mol. The van der Waals surface area contributed by atoms with E-state index in [0.717, 1.165) is 0 Å². The molecule has 0 saturated carbocycles. The zero-order valence-electron chi connectivity index (χ0n) is 5.17. The van der Waals surface area contributed by atoms with Crippen LogP contribution in [-0.4, -0.2) is 0 Å². The highest BCUT2D eigenvalue weighted by Crippen LogP contribution is 2.23. The van der Waals surface area contributed by atoms with Gasteiger partial charge in [0.1, 0.15) is 0 Å². The van der Waals surface area contributed by atoms with Crippen LogP contribution in [0, 0.1) is 0 Å². The first kappa shape index (κ1) is 7.18. The maximum Gasteiger partial charge on any atom is 0.171 e. The minimum atomic E-state index is 0.396. The summed E-state index contributed by atoms with van der Waals surface area (Å²) in [6.45, 7) is 0. The number of hydrogen-bond donors (Lipinski definition) is 2. The smallest absolute Gasteiger partial charge is 0.171 e. The highest BCUT2D eigenvalue weighted by molar-refractivity contribution is 6.30. The van der Waals surface area contributed by atoms with Crippen LogP contribution in [0.5, 0.6) is 5.75 Å². The third-order valence-corrected chi connectivity index (χ3v) is 1.34. The van der Waals surface area contributed by atoms with E-state index in [0.29, 0.717) is 16.5 Å². The quantitative estimate of drug-likeness (QED) is 0.477. The number of nitrogens with two attached hydrogens (primary N) is 2. The van der Waals surface area contributed by atoms with Crippen molar-refractivity contribution in [2.75, 3.05) is 5.73 Å². The van der Waals surface area contributed by atoms with Gasteiger partial charge in [-0.3, -0.25) is 0 Å². The van der Waals surface area contributed by atoms with Crippen LogP contribution in [-0.2, 0) is 0 Å². The van der Waals surface area contributed by atoms with Gasteiger partial charge in [0, 0.05) is 11.1 Å². The number of anilines is 1. The standard InChI is InChI=1S/C6H7ClN2O/c7-4-1-2-5(8)6(3-4)10-9/h1-3H,8-9H2. The molecule has 1 rings (SSSR count). The van der Waals surface area contributed by atoms with Crippen molar-refractivity contribution in [1.82, 2.24) is 0 Å². The summed E-state index contributed by atoms with van der Waals surface area (Å²) >= 11 is 5.60. The molecule has 0 aliphatic heterocycles. The van der Waals surface area contributed by atoms with Crippen LogP contribution in [0.1, 0.15) is 0 Å². The molecule has 0 saturated heterocycles. The molecule has 4 N–H and O–H groups in total. The maximum absolute atomic E-state index is 5.60. The molecule has 0 aliphatic carbocycles. The Morgan fingerprint density at radius 3 is 2.60 bits per heavy atom. The van der Waals surface area contributed by atoms with E-state index in [1.807, 2.05) is 0 Å². The molecule has 4 heteroatoms. The van der Waals surface area contributed by atoms with Crippen molar-refractivity contribution in [3.8, 4) is 5.75 Å². The number of rotatable bonds is 1. The predicted molar refractivity (Wildman–Crippen MR) is 40.7 cm³/mol. The Morgan fingerprint density at radius 2 is 2.10 bits per heavy atom. The summed E-state index contributed by atoms with van der Waals surface area (Å²) in [5, 5.41) is 0.551. The summed E-state index contributed by atoms with van der Waals surface area (Å²) in [5.74, 6) is 5.28. The fourth-order valence-electron chi connectivity index (χ4n) is 0.610. The second kappa shape index (κ2) is 2.77. The van der Waals surface area contributed by atoms with Crippen molar-refractivity contribution in [3.05, 3.63) is 23.2 Å². The number of halogens is 1. The highest BCUT2D eigenvalue weighted by atomic mass is 35.5. The zero-order valence-corrected chi connectivity index (χ0v) is 5.93. The summed E-state index contributed by atoms with van der Waals surface area (Å²) in [4.78, 5) is 4.42. The molecule has 0 aromatic heterocycles. The second-order valence-electron chi connectivity index (χ2n) is 1.80. The van der Waals surface area contributed by atoms with Crippen molar-refractivity contribution in [3.63, 3.8) is 0 Å². The van der Waals surface area contributed by atoms with Crippen molar-refractivity contribution in [2.45, 2.75) is 0 Å². The van der Waals surface area contributed by atoms with E-state index in [1.54, 1.807) is 18.2 Å². The van der Waals surface area contributed by atoms with E-state index in [2.05, 4.69) is 4.84 Å². The van der Waals surface area contributed by atoms with Gasteiger partial charge in [-0.2, -0.15) is 5.90 Å². The molecule has 0 radical (unpaired) electrons. The fourth-order valence-corrected chi connectivity index (χ4v) is 0.772. The van der Waals surface area contributed by atoms with E-state index >= 15 is 0 Å². The molecule has 54 valence electrons. The third-order valence-electron chi connectivity index (χ3n) is 1.10. The van der Waals surface area contributed by atoms with Crippen LogP contribution in [0.3, 0.4) is 0 Å². The molecule has 0 unspecified atom stereocenters. The van der Waals surface area contributed by atoms with Gasteiger partial charge in [0.05, 0.1) is 5.69 Å². The molecule has 0 fully saturated rings. The average molecular weight is 159 g/mol. The molecule has 3 nitrogen and oxygen atoms in total. The Morgan fingerprint density at radius 1 is 1.40 bits per heavy atom. The lowest BCUT2D eigenvalue weighted by atomic mass is 10.3. The van der Waals surface area contributed by atoms with Crippen molar-refractivity contribution >= 4 is 17.3 Å². The molecule has 0 bridgehead atoms. The Labute approximate surface area is 63.5 Å². The third kappa shape index (κ3) is 1.32. The monoisotopic (exact) mass is 158 g/mol. The summed E-state index contributed by atoms with van der Waals surface area (Å²) in [5.41, 5.74) is 5.91. The maximum atomic E-state index is 5.60. The Bertz CT molecular complexity index is 239. The van der Waals surface area contributed by atoms with Crippen LogP contribution < -0.4 is 16.5 Å². The molecule has 0 aliphatic rings. The molecular formula is C6H7ClN2O. The van der Waals surface area contributed by atoms with E-state index in [-0.39, 0.29) is 0 Å². The average Bonchev–Trinajstić information content (AvgIpc) is 1.94. The molecule has 0 atom stereocenters. The van der Waals surface area contributed by atoms with Crippen molar-refractivity contribution in [1.29, 1.82) is 0 Å². The molecule has 10 heavy (non-hydrogen) atoms. The molecule has 0 amide bonds. The molecule has 0 heterocycles. The van der Waals surface area contributed by atoms with Gasteiger partial charge < -0.3 is 10.6 Å². The lowest BCUT2D eigenvalue weighted by Gasteiger charge is -2.01. The van der Waals surface area contributed by atoms with Crippen LogP contribution in [0.2, 0.25) is 5.02 Å². The van der Waals surface area contributed by atoms with Gasteiger partial charge in [-0.05, 0) is 12.1 Å². The number of nitrogen functional groups attached to an aromatic ring is 1. The largest absolute Gasteiger partial charge is 0.409 e. The summed E-state index contributed by atoms with van der Waals surface area (Å²) in [6, 6.07) is 4.85. The van der Waals surface area contributed by atoms with E-state index in [1.165, 1.54) is 0 Å². The minimum Gasteiger partial charge on any atom is -0.409 e. The van der Waals surface area contributed by atoms with E-state index in [4.69, 9.17) is 23.2 Å². The lowest BCUT2D eigenvalue weighted by molar-refractivity contribution is 0.336. The van der Waals surface area contributed by atoms with Gasteiger partial charge in [0.25, 0.3) is 0 Å². The topological polar surface area (TPSA) is 61.3 Å². The van der Waals surface area contributed by atoms with Gasteiger partial charge in [-0.15, -0.1) is 0 Å². The molecule has 1 aromatic rings. The van der Waals surface area contributed by atoms with Gasteiger partial charge in [-0.25, -0.2) is 0 Å². The summed E-state index contributed by atoms with van der Waals surface area (Å²) < 4.78 is 0. The predicted octanol–water partition coefficient (Wildman–Crippen LogP) is 1.17. The van der Waals surface area contributed by atoms with Crippen molar-refractivity contribution in [2.24, 2.45) is 5.90 Å². The summed E-state index contributed by atoms with van der Waals surface area (Å²) in [7, 11) is 0. The number of hydrogen-bond acceptors (Lipinski definition) is 3. The van der Waals surface area contributed by atoms with E-state index < -0.39 is 0 Å².